The molecule has 0 radical (unpaired) electrons. The van der Waals surface area contributed by atoms with Gasteiger partial charge in [-0.15, -0.1) is 0 Å². The average molecular weight is 298 g/mol. The second-order valence-corrected chi connectivity index (χ2v) is 5.13. The summed E-state index contributed by atoms with van der Waals surface area (Å²) in [5.74, 6) is 1.05. The van der Waals surface area contributed by atoms with Crippen LogP contribution in [-0.2, 0) is 4.79 Å². The number of anilines is 1. The van der Waals surface area contributed by atoms with E-state index in [2.05, 4.69) is 31.1 Å². The molecular weight excluding hydrogens is 282 g/mol. The molecule has 0 atom stereocenters. The number of amides is 1. The number of nitrogens with zero attached hydrogens (tertiary/aromatic N) is 2. The van der Waals surface area contributed by atoms with Crippen LogP contribution in [-0.4, -0.2) is 30.0 Å². The quantitative estimate of drug-likeness (QED) is 0.907. The molecule has 0 aliphatic carbocycles. The molecule has 1 aromatic heterocycles. The number of pyridine rings is 1. The monoisotopic (exact) mass is 297 g/mol. The van der Waals surface area contributed by atoms with Crippen LogP contribution in [0.4, 0.5) is 5.82 Å². The van der Waals surface area contributed by atoms with Crippen molar-refractivity contribution in [3.8, 4) is 0 Å². The van der Waals surface area contributed by atoms with Crippen LogP contribution in [0.25, 0.3) is 0 Å². The number of aromatic nitrogens is 1. The van der Waals surface area contributed by atoms with E-state index in [1.165, 1.54) is 0 Å². The van der Waals surface area contributed by atoms with Crippen molar-refractivity contribution in [2.75, 3.05) is 18.0 Å². The van der Waals surface area contributed by atoms with E-state index in [0.717, 1.165) is 36.2 Å². The molecule has 1 aliphatic heterocycles. The maximum absolute atomic E-state index is 11.0. The van der Waals surface area contributed by atoms with Gasteiger partial charge in [-0.25, -0.2) is 4.98 Å². The third-order valence-electron chi connectivity index (χ3n) is 2.94. The van der Waals surface area contributed by atoms with E-state index in [9.17, 15) is 4.79 Å². The number of carbonyl (C=O) groups is 1. The predicted octanol–water partition coefficient (Wildman–Crippen LogP) is 1.95. The highest BCUT2D eigenvalue weighted by atomic mass is 79.9. The molecule has 0 saturated carbocycles. The van der Waals surface area contributed by atoms with Gasteiger partial charge in [-0.1, -0.05) is 0 Å². The highest BCUT2D eigenvalue weighted by molar-refractivity contribution is 9.10. The maximum atomic E-state index is 11.0. The highest BCUT2D eigenvalue weighted by Crippen LogP contribution is 2.25. The van der Waals surface area contributed by atoms with E-state index in [1.54, 1.807) is 13.1 Å². The summed E-state index contributed by atoms with van der Waals surface area (Å²) < 4.78 is 1.03. The van der Waals surface area contributed by atoms with Crippen molar-refractivity contribution < 1.29 is 4.79 Å². The summed E-state index contributed by atoms with van der Waals surface area (Å²) in [6.45, 7) is 3.43. The van der Waals surface area contributed by atoms with Crippen molar-refractivity contribution >= 4 is 27.7 Å². The molecule has 1 fully saturated rings. The lowest BCUT2D eigenvalue weighted by Crippen LogP contribution is -2.44. The Morgan fingerprint density at radius 1 is 1.53 bits per heavy atom. The molecule has 1 saturated heterocycles. The van der Waals surface area contributed by atoms with Crippen molar-refractivity contribution in [1.82, 2.24) is 10.3 Å². The van der Waals surface area contributed by atoms with Crippen LogP contribution >= 0.6 is 15.9 Å². The van der Waals surface area contributed by atoms with E-state index in [-0.39, 0.29) is 5.91 Å². The van der Waals surface area contributed by atoms with Crippen LogP contribution in [0.2, 0.25) is 0 Å². The first-order chi connectivity index (χ1) is 8.16. The first-order valence-corrected chi connectivity index (χ1v) is 6.58. The Hall–Kier alpha value is -1.10. The summed E-state index contributed by atoms with van der Waals surface area (Å²) in [7, 11) is 0. The maximum Gasteiger partial charge on any atom is 0.217 e. The van der Waals surface area contributed by atoms with Gasteiger partial charge in [0.2, 0.25) is 5.91 Å². The first kappa shape index (κ1) is 12.4. The van der Waals surface area contributed by atoms with Gasteiger partial charge in [0.15, 0.2) is 0 Å². The van der Waals surface area contributed by atoms with Crippen LogP contribution in [0.3, 0.4) is 0 Å². The number of piperidine rings is 1. The largest absolute Gasteiger partial charge is 0.356 e. The molecule has 5 heteroatoms. The fourth-order valence-corrected chi connectivity index (χ4v) is 2.64. The molecule has 17 heavy (non-hydrogen) atoms. The Kier molecular flexibility index (Phi) is 3.99. The molecule has 4 nitrogen and oxygen atoms in total. The minimum Gasteiger partial charge on any atom is -0.356 e. The summed E-state index contributed by atoms with van der Waals surface area (Å²) in [6, 6.07) is 4.23. The van der Waals surface area contributed by atoms with Gasteiger partial charge in [-0.05, 0) is 40.9 Å². The van der Waals surface area contributed by atoms with Gasteiger partial charge >= 0.3 is 0 Å². The van der Waals surface area contributed by atoms with Crippen LogP contribution in [0.1, 0.15) is 19.8 Å². The average Bonchev–Trinajstić information content (AvgIpc) is 2.30. The zero-order valence-electron chi connectivity index (χ0n) is 9.82. The van der Waals surface area contributed by atoms with Gasteiger partial charge in [-0.3, -0.25) is 4.79 Å². The lowest BCUT2D eigenvalue weighted by atomic mass is 10.1. The molecule has 0 spiro atoms. The summed E-state index contributed by atoms with van der Waals surface area (Å²) in [5.41, 5.74) is 0. The standard InChI is InChI=1S/C12H16BrN3O/c1-9(17)15-10-4-7-16(8-5-10)12-11(13)3-2-6-14-12/h2-3,6,10H,4-5,7-8H2,1H3,(H,15,17). The number of nitrogens with one attached hydrogen (secondary N) is 1. The van der Waals surface area contributed by atoms with Gasteiger partial charge in [0.1, 0.15) is 5.82 Å². The smallest absolute Gasteiger partial charge is 0.217 e. The zero-order chi connectivity index (χ0) is 12.3. The molecule has 2 rings (SSSR count). The first-order valence-electron chi connectivity index (χ1n) is 5.79. The van der Waals surface area contributed by atoms with Gasteiger partial charge in [0.05, 0.1) is 4.47 Å². The summed E-state index contributed by atoms with van der Waals surface area (Å²) in [6.07, 6.45) is 3.76. The lowest BCUT2D eigenvalue weighted by Gasteiger charge is -2.33. The van der Waals surface area contributed by atoms with Crippen molar-refractivity contribution in [3.63, 3.8) is 0 Å². The molecular formula is C12H16BrN3O. The van der Waals surface area contributed by atoms with Crippen LogP contribution < -0.4 is 10.2 Å². The SMILES string of the molecule is CC(=O)NC1CCN(c2ncccc2Br)CC1. The van der Waals surface area contributed by atoms with Gasteiger partial charge < -0.3 is 10.2 Å². The molecule has 92 valence electrons. The minimum atomic E-state index is 0.0578. The summed E-state index contributed by atoms with van der Waals surface area (Å²) in [4.78, 5) is 17.6. The van der Waals surface area contributed by atoms with Crippen molar-refractivity contribution in [2.24, 2.45) is 0 Å². The number of hydrogen-bond acceptors (Lipinski definition) is 3. The van der Waals surface area contributed by atoms with E-state index >= 15 is 0 Å². The fraction of sp³-hybridized carbons (Fsp3) is 0.500. The summed E-state index contributed by atoms with van der Waals surface area (Å²) >= 11 is 3.51. The summed E-state index contributed by atoms with van der Waals surface area (Å²) in [5, 5.41) is 2.97. The van der Waals surface area contributed by atoms with Crippen molar-refractivity contribution in [2.45, 2.75) is 25.8 Å². The number of halogens is 1. The number of hydrogen-bond donors (Lipinski definition) is 1. The molecule has 1 amide bonds. The third-order valence-corrected chi connectivity index (χ3v) is 3.56. The van der Waals surface area contributed by atoms with E-state index in [4.69, 9.17) is 0 Å². The zero-order valence-corrected chi connectivity index (χ0v) is 11.4. The molecule has 0 aromatic carbocycles. The topological polar surface area (TPSA) is 45.2 Å². The molecule has 0 bridgehead atoms. The van der Waals surface area contributed by atoms with E-state index in [1.807, 2.05) is 12.1 Å². The Bertz CT molecular complexity index is 402. The Balaban J connectivity index is 1.95. The third kappa shape index (κ3) is 3.19. The Labute approximate surface area is 110 Å². The van der Waals surface area contributed by atoms with Crippen LogP contribution in [0.5, 0.6) is 0 Å². The van der Waals surface area contributed by atoms with E-state index in [0.29, 0.717) is 6.04 Å². The fourth-order valence-electron chi connectivity index (χ4n) is 2.13. The normalized spacial score (nSPS) is 16.9. The van der Waals surface area contributed by atoms with Gasteiger partial charge in [-0.2, -0.15) is 0 Å². The lowest BCUT2D eigenvalue weighted by molar-refractivity contribution is -0.119. The minimum absolute atomic E-state index is 0.0578. The predicted molar refractivity (Wildman–Crippen MR) is 71.0 cm³/mol. The van der Waals surface area contributed by atoms with Crippen molar-refractivity contribution in [3.05, 3.63) is 22.8 Å². The molecule has 2 heterocycles. The van der Waals surface area contributed by atoms with Crippen molar-refractivity contribution in [1.29, 1.82) is 0 Å². The van der Waals surface area contributed by atoms with Crippen LogP contribution in [0.15, 0.2) is 22.8 Å². The Morgan fingerprint density at radius 2 is 2.24 bits per heavy atom. The Morgan fingerprint density at radius 3 is 2.82 bits per heavy atom. The number of rotatable bonds is 2. The molecule has 1 aromatic rings. The second-order valence-electron chi connectivity index (χ2n) is 4.27. The van der Waals surface area contributed by atoms with Gasteiger partial charge in [0, 0.05) is 32.3 Å². The molecule has 1 aliphatic rings. The molecule has 0 unspecified atom stereocenters. The molecule has 1 N–H and O–H groups in total. The van der Waals surface area contributed by atoms with Crippen LogP contribution in [0, 0.1) is 0 Å². The van der Waals surface area contributed by atoms with Gasteiger partial charge in [0.25, 0.3) is 0 Å². The number of carbonyl (C=O) groups excluding carboxylic acids is 1. The van der Waals surface area contributed by atoms with E-state index < -0.39 is 0 Å². The second kappa shape index (κ2) is 5.49. The highest BCUT2D eigenvalue weighted by Gasteiger charge is 2.21.